The van der Waals surface area contributed by atoms with Crippen molar-refractivity contribution in [2.45, 2.75) is 71.2 Å². The van der Waals surface area contributed by atoms with Crippen molar-refractivity contribution in [1.29, 1.82) is 0 Å². The standard InChI is InChI=1S/C25H34O10S2/c1-14(26)25(33-15(2)27)12-9-18-20-17(8-11-24(18,25)4)23(3)10-7-16(28)13-19(23)21(34-36(5,29)30)22(20)35-37(6,31)32/h7,10,13,17-18,20-22H,8-9,11-12H2,1-6H3/t17-,18-,20+,21-,22+,23+,24-,25-/m0/s1. The van der Waals surface area contributed by atoms with Gasteiger partial charge in [-0.05, 0) is 68.1 Å². The molecule has 0 aliphatic heterocycles. The Bertz CT molecular complexity index is 1310. The van der Waals surface area contributed by atoms with Gasteiger partial charge in [-0.1, -0.05) is 19.9 Å². The van der Waals surface area contributed by atoms with Gasteiger partial charge >= 0.3 is 5.97 Å². The Balaban J connectivity index is 1.94. The van der Waals surface area contributed by atoms with Gasteiger partial charge < -0.3 is 4.74 Å². The van der Waals surface area contributed by atoms with Gasteiger partial charge in [-0.25, -0.2) is 0 Å². The van der Waals surface area contributed by atoms with Gasteiger partial charge in [-0.2, -0.15) is 16.8 Å². The highest BCUT2D eigenvalue weighted by Crippen LogP contribution is 2.68. The third-order valence-corrected chi connectivity index (χ3v) is 10.3. The zero-order chi connectivity index (χ0) is 27.8. The van der Waals surface area contributed by atoms with Crippen LogP contribution in [-0.4, -0.2) is 64.7 Å². The van der Waals surface area contributed by atoms with Crippen LogP contribution in [0.3, 0.4) is 0 Å². The number of allylic oxidation sites excluding steroid dienone is 3. The van der Waals surface area contributed by atoms with Crippen molar-refractivity contribution in [2.24, 2.45) is 28.6 Å². The van der Waals surface area contributed by atoms with Crippen LogP contribution in [0, 0.1) is 28.6 Å². The van der Waals surface area contributed by atoms with Crippen LogP contribution in [0.15, 0.2) is 23.8 Å². The predicted molar refractivity (Wildman–Crippen MR) is 132 cm³/mol. The molecule has 3 saturated carbocycles. The normalized spacial score (nSPS) is 41.3. The van der Waals surface area contributed by atoms with Crippen LogP contribution in [0.25, 0.3) is 0 Å². The summed E-state index contributed by atoms with van der Waals surface area (Å²) in [5.41, 5.74) is -2.73. The van der Waals surface area contributed by atoms with E-state index in [1.54, 1.807) is 6.08 Å². The second kappa shape index (κ2) is 8.82. The molecule has 0 aromatic rings. The highest BCUT2D eigenvalue weighted by molar-refractivity contribution is 7.86. The largest absolute Gasteiger partial charge is 0.451 e. The molecule has 10 nitrogen and oxygen atoms in total. The fraction of sp³-hybridized carbons (Fsp3) is 0.720. The molecule has 4 aliphatic rings. The Labute approximate surface area is 218 Å². The summed E-state index contributed by atoms with van der Waals surface area (Å²) in [5.74, 6) is -2.45. The Morgan fingerprint density at radius 2 is 1.54 bits per heavy atom. The maximum Gasteiger partial charge on any atom is 0.303 e. The van der Waals surface area contributed by atoms with E-state index in [0.717, 1.165) is 12.5 Å². The number of rotatable bonds is 6. The zero-order valence-corrected chi connectivity index (χ0v) is 23.5. The molecule has 0 unspecified atom stereocenters. The summed E-state index contributed by atoms with van der Waals surface area (Å²) in [6, 6.07) is 0. The van der Waals surface area contributed by atoms with Gasteiger partial charge in [0.15, 0.2) is 17.2 Å². The topological polar surface area (TPSA) is 147 Å². The van der Waals surface area contributed by atoms with Crippen LogP contribution in [-0.2, 0) is 47.7 Å². The SMILES string of the molecule is CC(=O)O[C@]1(C(C)=O)CC[C@H]2[C@@H]3[C@@H](OS(C)(=O)=O)[C@@H](OS(C)(=O)=O)C4=CC(=O)C=C[C@]4(C)[C@H]3CC[C@@]21C. The van der Waals surface area contributed by atoms with Crippen molar-refractivity contribution in [1.82, 2.24) is 0 Å². The van der Waals surface area contributed by atoms with E-state index >= 15 is 0 Å². The second-order valence-corrected chi connectivity index (χ2v) is 14.6. The quantitative estimate of drug-likeness (QED) is 0.351. The second-order valence-electron chi connectivity index (χ2n) is 11.4. The predicted octanol–water partition coefficient (Wildman–Crippen LogP) is 2.09. The first-order chi connectivity index (χ1) is 16.8. The minimum atomic E-state index is -4.11. The molecule has 206 valence electrons. The van der Waals surface area contributed by atoms with Crippen LogP contribution in [0.2, 0.25) is 0 Å². The molecule has 0 N–H and O–H groups in total. The molecule has 0 bridgehead atoms. The minimum Gasteiger partial charge on any atom is -0.451 e. The summed E-state index contributed by atoms with van der Waals surface area (Å²) in [7, 11) is -8.21. The van der Waals surface area contributed by atoms with E-state index in [9.17, 15) is 31.2 Å². The molecule has 0 amide bonds. The van der Waals surface area contributed by atoms with Crippen LogP contribution < -0.4 is 0 Å². The number of carbonyl (C=O) groups excluding carboxylic acids is 3. The Kier molecular flexibility index (Phi) is 6.71. The van der Waals surface area contributed by atoms with E-state index in [4.69, 9.17) is 13.1 Å². The molecule has 0 saturated heterocycles. The van der Waals surface area contributed by atoms with Crippen molar-refractivity contribution < 1.29 is 44.3 Å². The zero-order valence-electron chi connectivity index (χ0n) is 21.8. The van der Waals surface area contributed by atoms with Gasteiger partial charge in [0, 0.05) is 17.8 Å². The molecule has 8 atom stereocenters. The molecule has 0 aromatic heterocycles. The molecule has 37 heavy (non-hydrogen) atoms. The van der Waals surface area contributed by atoms with Crippen molar-refractivity contribution in [3.05, 3.63) is 23.8 Å². The van der Waals surface area contributed by atoms with Crippen molar-refractivity contribution in [3.8, 4) is 0 Å². The molecule has 12 heteroatoms. The number of hydrogen-bond donors (Lipinski definition) is 0. The van der Waals surface area contributed by atoms with Gasteiger partial charge in [0.1, 0.15) is 12.2 Å². The summed E-state index contributed by atoms with van der Waals surface area (Å²) in [6.45, 7) is 6.40. The van der Waals surface area contributed by atoms with Crippen molar-refractivity contribution in [3.63, 3.8) is 0 Å². The highest BCUT2D eigenvalue weighted by Gasteiger charge is 2.71. The summed E-state index contributed by atoms with van der Waals surface area (Å²) in [6.07, 6.45) is 5.23. The average molecular weight is 559 g/mol. The van der Waals surface area contributed by atoms with Gasteiger partial charge in [0.25, 0.3) is 20.2 Å². The van der Waals surface area contributed by atoms with E-state index < -0.39 is 60.8 Å². The molecular weight excluding hydrogens is 524 g/mol. The fourth-order valence-electron chi connectivity index (χ4n) is 7.84. The number of ketones is 2. The molecule has 0 spiro atoms. The number of fused-ring (bicyclic) bond motifs is 5. The molecule has 0 aromatic carbocycles. The first-order valence-corrected chi connectivity index (χ1v) is 15.9. The summed E-state index contributed by atoms with van der Waals surface area (Å²) >= 11 is 0. The molecule has 3 fully saturated rings. The summed E-state index contributed by atoms with van der Waals surface area (Å²) in [4.78, 5) is 37.6. The Morgan fingerprint density at radius 3 is 2.08 bits per heavy atom. The highest BCUT2D eigenvalue weighted by atomic mass is 32.2. The van der Waals surface area contributed by atoms with E-state index in [2.05, 4.69) is 0 Å². The molecular formula is C25H34O10S2. The van der Waals surface area contributed by atoms with Crippen molar-refractivity contribution in [2.75, 3.05) is 12.5 Å². The van der Waals surface area contributed by atoms with E-state index in [1.807, 2.05) is 13.8 Å². The van der Waals surface area contributed by atoms with Gasteiger partial charge in [0.2, 0.25) is 0 Å². The maximum atomic E-state index is 13.0. The van der Waals surface area contributed by atoms with Crippen LogP contribution in [0.1, 0.15) is 53.4 Å². The Hall–Kier alpha value is -1.89. The summed E-state index contributed by atoms with van der Waals surface area (Å²) in [5, 5.41) is 0. The van der Waals surface area contributed by atoms with E-state index in [1.165, 1.54) is 26.0 Å². The smallest absolute Gasteiger partial charge is 0.303 e. The monoisotopic (exact) mass is 558 g/mol. The number of Topliss-reactive ketones (excluding diaryl/α,β-unsaturated/α-hetero) is 1. The minimum absolute atomic E-state index is 0.253. The van der Waals surface area contributed by atoms with Crippen molar-refractivity contribution >= 4 is 37.8 Å². The van der Waals surface area contributed by atoms with E-state index in [-0.39, 0.29) is 29.8 Å². The van der Waals surface area contributed by atoms with E-state index in [0.29, 0.717) is 24.8 Å². The van der Waals surface area contributed by atoms with Gasteiger partial charge in [0.05, 0.1) is 12.5 Å². The van der Waals surface area contributed by atoms with Gasteiger partial charge in [-0.3, -0.25) is 22.7 Å². The molecule has 0 heterocycles. The fourth-order valence-corrected chi connectivity index (χ4v) is 9.06. The average Bonchev–Trinajstić information content (AvgIpc) is 3.02. The van der Waals surface area contributed by atoms with Crippen LogP contribution in [0.5, 0.6) is 0 Å². The molecule has 0 radical (unpaired) electrons. The number of carbonyl (C=O) groups is 3. The lowest BCUT2D eigenvalue weighted by molar-refractivity contribution is -0.192. The molecule has 4 rings (SSSR count). The lowest BCUT2D eigenvalue weighted by atomic mass is 9.46. The maximum absolute atomic E-state index is 13.0. The number of hydrogen-bond acceptors (Lipinski definition) is 10. The van der Waals surface area contributed by atoms with Crippen LogP contribution in [0.4, 0.5) is 0 Å². The van der Waals surface area contributed by atoms with Crippen LogP contribution >= 0.6 is 0 Å². The lowest BCUT2D eigenvalue weighted by Gasteiger charge is -2.61. The first kappa shape index (κ1) is 28.1. The Morgan fingerprint density at radius 1 is 0.946 bits per heavy atom. The number of ether oxygens (including phenoxy) is 1. The first-order valence-electron chi connectivity index (χ1n) is 12.3. The van der Waals surface area contributed by atoms with Gasteiger partial charge in [-0.15, -0.1) is 0 Å². The third kappa shape index (κ3) is 4.53. The third-order valence-electron chi connectivity index (χ3n) is 9.17. The number of esters is 1. The lowest BCUT2D eigenvalue weighted by Crippen LogP contribution is -2.64. The molecule has 4 aliphatic carbocycles. The summed E-state index contributed by atoms with van der Waals surface area (Å²) < 4.78 is 66.6.